The second kappa shape index (κ2) is 26.8. The average Bonchev–Trinajstić information content (AvgIpc) is 2.73. The summed E-state index contributed by atoms with van der Waals surface area (Å²) in [5.74, 6) is 0.0202. The van der Waals surface area contributed by atoms with Gasteiger partial charge < -0.3 is 4.55 Å². The van der Waals surface area contributed by atoms with Gasteiger partial charge in [-0.15, -0.1) is 0 Å². The topological polar surface area (TPSA) is 66.4 Å². The predicted octanol–water partition coefficient (Wildman–Crippen LogP) is 5.48. The molecular formula is C26H51KO4S. The molecule has 0 aliphatic rings. The molecule has 0 saturated carbocycles. The summed E-state index contributed by atoms with van der Waals surface area (Å²) in [5.41, 5.74) is 0. The number of unbranched alkanes of at least 4 members (excludes halogenated alkanes) is 17. The van der Waals surface area contributed by atoms with E-state index in [0.717, 1.165) is 19.3 Å². The van der Waals surface area contributed by atoms with Crippen LogP contribution in [0.4, 0.5) is 0 Å². The fraction of sp³-hybridized carbons (Fsp3) is 0.923. The van der Waals surface area contributed by atoms with E-state index < -0.39 is 10.4 Å². The van der Waals surface area contributed by atoms with Crippen LogP contribution in [0.1, 0.15) is 142 Å². The molecule has 0 fully saturated rings. The van der Waals surface area contributed by atoms with Crippen molar-refractivity contribution in [3.05, 3.63) is 12.2 Å². The Labute approximate surface area is 243 Å². The first-order chi connectivity index (χ1) is 15.0. The Morgan fingerprint density at radius 1 is 0.688 bits per heavy atom. The summed E-state index contributed by atoms with van der Waals surface area (Å²) in [5, 5.41) is 0. The second-order valence-corrected chi connectivity index (χ2v) is 10.2. The smallest absolute Gasteiger partial charge is 0.726 e. The standard InChI is InChI=1S/C26H52O4S.K/c1-3-5-7-9-11-13-14-16-18-20-22-24-26(25-30-31(27,28)29)23-21-19-17-15-12-10-8-6-4-2;/h22,24,26H,3-21,23,25H2,1-2H3,(H,27,28,29);/q;+1/p-1/b24-22+;. The van der Waals surface area contributed by atoms with Crippen molar-refractivity contribution in [1.82, 2.24) is 0 Å². The largest absolute Gasteiger partial charge is 1.00 e. The summed E-state index contributed by atoms with van der Waals surface area (Å²) in [6, 6.07) is 0. The Morgan fingerprint density at radius 2 is 1.09 bits per heavy atom. The van der Waals surface area contributed by atoms with Crippen molar-refractivity contribution in [3.63, 3.8) is 0 Å². The molecule has 0 aromatic carbocycles. The molecule has 0 heterocycles. The predicted molar refractivity (Wildman–Crippen MR) is 132 cm³/mol. The fourth-order valence-electron chi connectivity index (χ4n) is 3.98. The van der Waals surface area contributed by atoms with E-state index in [-0.39, 0.29) is 63.9 Å². The van der Waals surface area contributed by atoms with Gasteiger partial charge in [0.2, 0.25) is 10.4 Å². The van der Waals surface area contributed by atoms with Crippen LogP contribution in [0.2, 0.25) is 0 Å². The third kappa shape index (κ3) is 29.3. The van der Waals surface area contributed by atoms with E-state index in [1.165, 1.54) is 109 Å². The molecule has 0 aromatic rings. The molecule has 186 valence electrons. The Kier molecular flexibility index (Phi) is 29.7. The van der Waals surface area contributed by atoms with E-state index in [0.29, 0.717) is 0 Å². The van der Waals surface area contributed by atoms with Crippen molar-refractivity contribution in [2.45, 2.75) is 142 Å². The molecule has 1 unspecified atom stereocenters. The van der Waals surface area contributed by atoms with Crippen molar-refractivity contribution in [2.75, 3.05) is 6.61 Å². The molecule has 0 saturated heterocycles. The third-order valence-electron chi connectivity index (χ3n) is 5.99. The van der Waals surface area contributed by atoms with Gasteiger partial charge in [-0.1, -0.05) is 135 Å². The van der Waals surface area contributed by atoms with E-state index in [2.05, 4.69) is 30.2 Å². The maximum Gasteiger partial charge on any atom is 1.00 e. The zero-order chi connectivity index (χ0) is 23.0. The molecule has 0 aliphatic carbocycles. The Bertz CT molecular complexity index is 494. The fourth-order valence-corrected chi connectivity index (χ4v) is 4.33. The summed E-state index contributed by atoms with van der Waals surface area (Å²) >= 11 is 0. The number of hydrogen-bond acceptors (Lipinski definition) is 4. The van der Waals surface area contributed by atoms with Crippen LogP contribution in [0, 0.1) is 5.92 Å². The summed E-state index contributed by atoms with van der Waals surface area (Å²) in [7, 11) is -4.61. The molecule has 0 amide bonds. The van der Waals surface area contributed by atoms with Crippen LogP contribution in [0.25, 0.3) is 0 Å². The van der Waals surface area contributed by atoms with Crippen LogP contribution in [-0.4, -0.2) is 19.6 Å². The monoisotopic (exact) mass is 498 g/mol. The number of hydrogen-bond donors (Lipinski definition) is 0. The zero-order valence-corrected chi connectivity index (χ0v) is 25.6. The van der Waals surface area contributed by atoms with Crippen molar-refractivity contribution in [2.24, 2.45) is 5.92 Å². The molecule has 0 rings (SSSR count). The number of allylic oxidation sites excluding steroid dienone is 1. The van der Waals surface area contributed by atoms with Gasteiger partial charge >= 0.3 is 51.4 Å². The Hall–Kier alpha value is 1.25. The Morgan fingerprint density at radius 3 is 1.53 bits per heavy atom. The minimum Gasteiger partial charge on any atom is -0.726 e. The van der Waals surface area contributed by atoms with Gasteiger partial charge in [-0.05, 0) is 19.3 Å². The maximum absolute atomic E-state index is 10.8. The van der Waals surface area contributed by atoms with Crippen LogP contribution in [0.15, 0.2) is 12.2 Å². The van der Waals surface area contributed by atoms with E-state index in [1.807, 2.05) is 0 Å². The van der Waals surface area contributed by atoms with Gasteiger partial charge in [0.05, 0.1) is 6.61 Å². The van der Waals surface area contributed by atoms with E-state index in [9.17, 15) is 13.0 Å². The zero-order valence-electron chi connectivity index (χ0n) is 21.6. The van der Waals surface area contributed by atoms with Crippen LogP contribution < -0.4 is 51.4 Å². The summed E-state index contributed by atoms with van der Waals surface area (Å²) in [4.78, 5) is 0. The molecule has 0 N–H and O–H groups in total. The first kappa shape index (κ1) is 35.4. The molecule has 0 bridgehead atoms. The SMILES string of the molecule is CCCCCCCCCCC/C=C/C(CCCCCCCCCCC)COS(=O)(=O)[O-].[K+]. The molecule has 1 atom stereocenters. The molecule has 0 radical (unpaired) electrons. The van der Waals surface area contributed by atoms with Gasteiger partial charge in [-0.3, -0.25) is 4.18 Å². The van der Waals surface area contributed by atoms with Gasteiger partial charge in [0, 0.05) is 5.92 Å². The Balaban J connectivity index is 0. The molecule has 6 heteroatoms. The number of rotatable bonds is 24. The first-order valence-electron chi connectivity index (χ1n) is 13.3. The minimum atomic E-state index is -4.61. The first-order valence-corrected chi connectivity index (χ1v) is 14.6. The maximum atomic E-state index is 10.8. The average molecular weight is 499 g/mol. The third-order valence-corrected chi connectivity index (χ3v) is 6.41. The van der Waals surface area contributed by atoms with Crippen LogP contribution in [0.3, 0.4) is 0 Å². The second-order valence-electron chi connectivity index (χ2n) is 9.12. The van der Waals surface area contributed by atoms with Gasteiger partial charge in [0.1, 0.15) is 0 Å². The summed E-state index contributed by atoms with van der Waals surface area (Å²) < 4.78 is 37.0. The van der Waals surface area contributed by atoms with Gasteiger partial charge in [-0.25, -0.2) is 8.42 Å². The molecule has 0 aliphatic heterocycles. The normalized spacial score (nSPS) is 12.8. The molecule has 0 aromatic heterocycles. The molecule has 0 spiro atoms. The van der Waals surface area contributed by atoms with Crippen molar-refractivity contribution in [3.8, 4) is 0 Å². The van der Waals surface area contributed by atoms with Crippen molar-refractivity contribution in [1.29, 1.82) is 0 Å². The minimum absolute atomic E-state index is 0. The summed E-state index contributed by atoms with van der Waals surface area (Å²) in [6.45, 7) is 4.47. The summed E-state index contributed by atoms with van der Waals surface area (Å²) in [6.07, 6.45) is 29.4. The van der Waals surface area contributed by atoms with Gasteiger partial charge in [0.25, 0.3) is 0 Å². The quantitative estimate of drug-likeness (QED) is 0.0581. The molecule has 32 heavy (non-hydrogen) atoms. The van der Waals surface area contributed by atoms with Crippen LogP contribution in [-0.2, 0) is 14.6 Å². The van der Waals surface area contributed by atoms with Crippen LogP contribution in [0.5, 0.6) is 0 Å². The molecular weight excluding hydrogens is 447 g/mol. The van der Waals surface area contributed by atoms with E-state index in [4.69, 9.17) is 0 Å². The van der Waals surface area contributed by atoms with Crippen LogP contribution >= 0.6 is 0 Å². The molecule has 4 nitrogen and oxygen atoms in total. The van der Waals surface area contributed by atoms with Gasteiger partial charge in [-0.2, -0.15) is 0 Å². The van der Waals surface area contributed by atoms with E-state index in [1.54, 1.807) is 0 Å². The van der Waals surface area contributed by atoms with E-state index >= 15 is 0 Å². The van der Waals surface area contributed by atoms with Crippen molar-refractivity contribution >= 4 is 10.4 Å². The van der Waals surface area contributed by atoms with Crippen molar-refractivity contribution < 1.29 is 68.5 Å². The van der Waals surface area contributed by atoms with Gasteiger partial charge in [0.15, 0.2) is 0 Å².